The minimum Gasteiger partial charge on any atom is -0.503 e. The van der Waals surface area contributed by atoms with Crippen LogP contribution in [-0.2, 0) is 4.79 Å². The summed E-state index contributed by atoms with van der Waals surface area (Å²) >= 11 is 1.25. The summed E-state index contributed by atoms with van der Waals surface area (Å²) < 4.78 is 5.61. The van der Waals surface area contributed by atoms with Gasteiger partial charge >= 0.3 is 0 Å². The number of aliphatic hydroxyl groups excluding tert-OH is 1. The average Bonchev–Trinajstić information content (AvgIpc) is 3.43. The van der Waals surface area contributed by atoms with Crippen molar-refractivity contribution in [2.75, 3.05) is 12.0 Å². The quantitative estimate of drug-likeness (QED) is 0.299. The van der Waals surface area contributed by atoms with Crippen LogP contribution < -0.4 is 9.64 Å². The van der Waals surface area contributed by atoms with Crippen LogP contribution in [0.15, 0.2) is 84.1 Å². The molecule has 0 radical (unpaired) electrons. The number of para-hydroxylation sites is 1. The monoisotopic (exact) mass is 510 g/mol. The van der Waals surface area contributed by atoms with Gasteiger partial charge in [0, 0.05) is 16.8 Å². The molecule has 7 heteroatoms. The topological polar surface area (TPSA) is 79.7 Å². The first kappa shape index (κ1) is 24.5. The molecule has 1 aromatic heterocycles. The maximum Gasteiger partial charge on any atom is 0.294 e. The van der Waals surface area contributed by atoms with Crippen molar-refractivity contribution in [3.8, 4) is 16.3 Å². The fraction of sp³-hybridized carbons (Fsp3) is 0.167. The minimum atomic E-state index is -0.875. The number of benzene rings is 3. The van der Waals surface area contributed by atoms with Crippen molar-refractivity contribution >= 4 is 28.7 Å². The molecule has 1 N–H and O–H groups in total. The lowest BCUT2D eigenvalue weighted by atomic mass is 9.94. The Morgan fingerprint density at radius 1 is 0.973 bits per heavy atom. The van der Waals surface area contributed by atoms with Crippen LogP contribution in [0.25, 0.3) is 10.6 Å². The van der Waals surface area contributed by atoms with Crippen molar-refractivity contribution in [3.05, 3.63) is 111 Å². The number of aliphatic hydroxyl groups is 1. The van der Waals surface area contributed by atoms with Crippen molar-refractivity contribution in [2.45, 2.75) is 26.8 Å². The van der Waals surface area contributed by atoms with Gasteiger partial charge in [0.1, 0.15) is 10.8 Å². The van der Waals surface area contributed by atoms with Crippen molar-refractivity contribution in [1.29, 1.82) is 0 Å². The predicted octanol–water partition coefficient (Wildman–Crippen LogP) is 6.53. The molecule has 0 saturated carbocycles. The Morgan fingerprint density at radius 3 is 2.38 bits per heavy atom. The number of hydrogen-bond donors (Lipinski definition) is 1. The molecule has 2 heterocycles. The summed E-state index contributed by atoms with van der Waals surface area (Å²) in [4.78, 5) is 34.1. The van der Waals surface area contributed by atoms with Gasteiger partial charge in [-0.05, 0) is 50.1 Å². The lowest BCUT2D eigenvalue weighted by molar-refractivity contribution is -0.117. The van der Waals surface area contributed by atoms with E-state index in [1.807, 2.05) is 80.6 Å². The number of carbonyl (C=O) groups is 2. The van der Waals surface area contributed by atoms with Crippen LogP contribution in [0, 0.1) is 20.8 Å². The second-order valence-electron chi connectivity index (χ2n) is 8.98. The number of rotatable bonds is 6. The molecule has 0 spiro atoms. The van der Waals surface area contributed by atoms with Gasteiger partial charge in [-0.2, -0.15) is 0 Å². The Balaban J connectivity index is 1.67. The molecule has 186 valence electrons. The SMILES string of the molecule is COc1ccccc1C1C(C(=O)c2sc(-c3ccccc3)nc2C)=C(O)C(=O)N1c1ccc(C)c(C)c1. The van der Waals surface area contributed by atoms with E-state index in [2.05, 4.69) is 4.98 Å². The third-order valence-electron chi connectivity index (χ3n) is 6.68. The second-order valence-corrected chi connectivity index (χ2v) is 9.98. The van der Waals surface area contributed by atoms with E-state index in [1.54, 1.807) is 20.1 Å². The molecule has 1 aliphatic rings. The van der Waals surface area contributed by atoms with Gasteiger partial charge in [0.2, 0.25) is 5.78 Å². The number of nitrogens with zero attached hydrogens (tertiary/aromatic N) is 2. The molecular formula is C30H26N2O4S. The number of aromatic nitrogens is 1. The number of ketones is 1. The number of thiazole rings is 1. The van der Waals surface area contributed by atoms with Gasteiger partial charge in [-0.1, -0.05) is 54.6 Å². The zero-order valence-corrected chi connectivity index (χ0v) is 21.8. The summed E-state index contributed by atoms with van der Waals surface area (Å²) in [6, 6.07) is 21.6. The number of Topliss-reactive ketones (excluding diaryl/α,β-unsaturated/α-hetero) is 1. The van der Waals surface area contributed by atoms with E-state index >= 15 is 0 Å². The molecule has 0 aliphatic carbocycles. The second kappa shape index (κ2) is 9.67. The van der Waals surface area contributed by atoms with Crippen molar-refractivity contribution in [2.24, 2.45) is 0 Å². The number of methoxy groups -OCH3 is 1. The largest absolute Gasteiger partial charge is 0.503 e. The van der Waals surface area contributed by atoms with Crippen molar-refractivity contribution < 1.29 is 19.4 Å². The molecule has 3 aromatic carbocycles. The van der Waals surface area contributed by atoms with E-state index in [4.69, 9.17) is 4.74 Å². The highest BCUT2D eigenvalue weighted by molar-refractivity contribution is 7.17. The maximum atomic E-state index is 14.1. The van der Waals surface area contributed by atoms with E-state index in [0.717, 1.165) is 16.7 Å². The Bertz CT molecular complexity index is 1560. The molecule has 6 nitrogen and oxygen atoms in total. The van der Waals surface area contributed by atoms with Gasteiger partial charge in [-0.3, -0.25) is 14.5 Å². The van der Waals surface area contributed by atoms with Gasteiger partial charge in [0.15, 0.2) is 5.76 Å². The van der Waals surface area contributed by atoms with E-state index in [0.29, 0.717) is 32.6 Å². The van der Waals surface area contributed by atoms with Gasteiger partial charge in [-0.25, -0.2) is 4.98 Å². The van der Waals surface area contributed by atoms with Crippen LogP contribution in [0.4, 0.5) is 5.69 Å². The van der Waals surface area contributed by atoms with Crippen LogP contribution >= 0.6 is 11.3 Å². The highest BCUT2D eigenvalue weighted by Gasteiger charge is 2.46. The minimum absolute atomic E-state index is 0.0130. The van der Waals surface area contributed by atoms with E-state index in [9.17, 15) is 14.7 Å². The summed E-state index contributed by atoms with van der Waals surface area (Å²) in [5, 5.41) is 11.9. The Morgan fingerprint density at radius 2 is 1.68 bits per heavy atom. The Labute approximate surface area is 219 Å². The van der Waals surface area contributed by atoms with E-state index in [-0.39, 0.29) is 5.57 Å². The zero-order valence-electron chi connectivity index (χ0n) is 21.0. The molecule has 5 rings (SSSR count). The summed E-state index contributed by atoms with van der Waals surface area (Å²) in [7, 11) is 1.54. The summed E-state index contributed by atoms with van der Waals surface area (Å²) in [6.07, 6.45) is 0. The first-order chi connectivity index (χ1) is 17.8. The van der Waals surface area contributed by atoms with Gasteiger partial charge in [-0.15, -0.1) is 11.3 Å². The number of ether oxygens (including phenoxy) is 1. The molecule has 0 fully saturated rings. The fourth-order valence-corrected chi connectivity index (χ4v) is 5.63. The maximum absolute atomic E-state index is 14.1. The summed E-state index contributed by atoms with van der Waals surface area (Å²) in [5.41, 5.74) is 4.72. The average molecular weight is 511 g/mol. The standard InChI is InChI=1S/C30H26N2O4S/c1-17-14-15-21(16-18(17)2)32-25(22-12-8-9-13-23(22)36-4)24(27(34)30(32)35)26(33)28-19(3)31-29(37-28)20-10-6-5-7-11-20/h5-16,25,34H,1-4H3. The van der Waals surface area contributed by atoms with Crippen LogP contribution in [-0.4, -0.2) is 28.9 Å². The molecule has 1 aliphatic heterocycles. The predicted molar refractivity (Wildman–Crippen MR) is 145 cm³/mol. The number of aryl methyl sites for hydroxylation is 3. The van der Waals surface area contributed by atoms with Crippen LogP contribution in [0.5, 0.6) is 5.75 Å². The van der Waals surface area contributed by atoms with Crippen molar-refractivity contribution in [1.82, 2.24) is 4.98 Å². The Hall–Kier alpha value is -4.23. The number of anilines is 1. The van der Waals surface area contributed by atoms with E-state index in [1.165, 1.54) is 16.2 Å². The molecular weight excluding hydrogens is 484 g/mol. The third-order valence-corrected chi connectivity index (χ3v) is 7.88. The van der Waals surface area contributed by atoms with Gasteiger partial charge in [0.25, 0.3) is 5.91 Å². The first-order valence-electron chi connectivity index (χ1n) is 11.9. The number of carbonyl (C=O) groups excluding carboxylic acids is 2. The normalized spacial score (nSPS) is 15.4. The van der Waals surface area contributed by atoms with Crippen molar-refractivity contribution in [3.63, 3.8) is 0 Å². The highest BCUT2D eigenvalue weighted by Crippen LogP contribution is 2.45. The highest BCUT2D eigenvalue weighted by atomic mass is 32.1. The van der Waals surface area contributed by atoms with Gasteiger partial charge < -0.3 is 9.84 Å². The first-order valence-corrected chi connectivity index (χ1v) is 12.7. The van der Waals surface area contributed by atoms with E-state index < -0.39 is 23.5 Å². The van der Waals surface area contributed by atoms with Crippen LogP contribution in [0.1, 0.15) is 38.1 Å². The molecule has 1 atom stereocenters. The third kappa shape index (κ3) is 4.21. The molecule has 0 bridgehead atoms. The number of amides is 1. The lowest BCUT2D eigenvalue weighted by Gasteiger charge is -2.28. The van der Waals surface area contributed by atoms with Crippen LogP contribution in [0.2, 0.25) is 0 Å². The summed E-state index contributed by atoms with van der Waals surface area (Å²) in [6.45, 7) is 5.72. The molecule has 0 saturated heterocycles. The van der Waals surface area contributed by atoms with Gasteiger partial charge in [0.05, 0.1) is 29.3 Å². The van der Waals surface area contributed by atoms with Crippen LogP contribution in [0.3, 0.4) is 0 Å². The molecule has 1 amide bonds. The zero-order chi connectivity index (χ0) is 26.3. The smallest absolute Gasteiger partial charge is 0.294 e. The Kier molecular flexibility index (Phi) is 6.39. The molecule has 4 aromatic rings. The molecule has 37 heavy (non-hydrogen) atoms. The fourth-order valence-electron chi connectivity index (χ4n) is 4.60. The summed E-state index contributed by atoms with van der Waals surface area (Å²) in [5.74, 6) is -1.11. The number of hydrogen-bond acceptors (Lipinski definition) is 6. The lowest BCUT2D eigenvalue weighted by Crippen LogP contribution is -2.31. The molecule has 1 unspecified atom stereocenters.